The van der Waals surface area contributed by atoms with Crippen molar-refractivity contribution < 1.29 is 4.74 Å². The zero-order valence-electron chi connectivity index (χ0n) is 10.1. The van der Waals surface area contributed by atoms with Gasteiger partial charge in [0.05, 0.1) is 19.1 Å². The van der Waals surface area contributed by atoms with Crippen molar-refractivity contribution in [3.8, 4) is 5.75 Å². The minimum Gasteiger partial charge on any atom is -0.493 e. The fraction of sp³-hybridized carbons (Fsp3) is 0.538. The van der Waals surface area contributed by atoms with Crippen LogP contribution in [0.2, 0.25) is 0 Å². The fourth-order valence-electron chi connectivity index (χ4n) is 1.14. The van der Waals surface area contributed by atoms with Gasteiger partial charge in [-0.25, -0.2) is 0 Å². The first-order valence-corrected chi connectivity index (χ1v) is 7.32. The predicted molar refractivity (Wildman–Crippen MR) is 69.8 cm³/mol. The molecule has 1 rings (SSSR count). The van der Waals surface area contributed by atoms with Crippen molar-refractivity contribution in [3.05, 3.63) is 30.3 Å². The third kappa shape index (κ3) is 4.17. The molecule has 1 aromatic carbocycles. The van der Waals surface area contributed by atoms with Crippen LogP contribution in [0.5, 0.6) is 5.75 Å². The molecule has 0 unspecified atom stereocenters. The van der Waals surface area contributed by atoms with E-state index in [1.807, 2.05) is 30.3 Å². The van der Waals surface area contributed by atoms with Crippen LogP contribution in [-0.4, -0.2) is 23.9 Å². The zero-order valence-corrected chi connectivity index (χ0v) is 10.9. The second-order valence-electron chi connectivity index (χ2n) is 4.49. The normalized spacial score (nSPS) is 11.8. The Labute approximate surface area is 96.2 Å². The Morgan fingerprint density at radius 2 is 1.73 bits per heavy atom. The summed E-state index contributed by atoms with van der Waals surface area (Å²) in [5.41, 5.74) is 0. The van der Waals surface area contributed by atoms with Crippen LogP contribution in [-0.2, 0) is 10.9 Å². The molecule has 2 heteroatoms. The summed E-state index contributed by atoms with van der Waals surface area (Å²) < 4.78 is 6.08. The Bertz CT molecular complexity index is 280. The summed E-state index contributed by atoms with van der Waals surface area (Å²) in [6, 6.07) is 10.0. The Morgan fingerprint density at radius 1 is 1.13 bits per heavy atom. The van der Waals surface area contributed by atoms with Crippen molar-refractivity contribution >= 4 is 10.9 Å². The van der Waals surface area contributed by atoms with Crippen LogP contribution in [0, 0.1) is 0 Å². The van der Waals surface area contributed by atoms with Crippen LogP contribution < -0.4 is 4.74 Å². The van der Waals surface area contributed by atoms with Crippen molar-refractivity contribution in [1.82, 2.24) is 0 Å². The molecule has 0 saturated heterocycles. The van der Waals surface area contributed by atoms with Crippen LogP contribution in [0.25, 0.3) is 0 Å². The Balaban J connectivity index is 2.34. The van der Waals surface area contributed by atoms with Crippen molar-refractivity contribution in [2.45, 2.75) is 25.0 Å². The highest BCUT2D eigenvalue weighted by molar-refractivity contribution is 7.96. The van der Waals surface area contributed by atoms with Crippen molar-refractivity contribution in [2.75, 3.05) is 19.1 Å². The van der Waals surface area contributed by atoms with E-state index >= 15 is 0 Å². The lowest BCUT2D eigenvalue weighted by Gasteiger charge is -2.20. The van der Waals surface area contributed by atoms with E-state index in [0.29, 0.717) is 15.6 Å². The van der Waals surface area contributed by atoms with E-state index < -0.39 is 0 Å². The molecule has 0 aromatic heterocycles. The lowest BCUT2D eigenvalue weighted by molar-refractivity contribution is 0.297. The summed E-state index contributed by atoms with van der Waals surface area (Å²) in [5, 5.41) is 0. The van der Waals surface area contributed by atoms with Crippen LogP contribution in [0.1, 0.15) is 20.3 Å². The van der Waals surface area contributed by atoms with E-state index in [0.717, 1.165) is 18.8 Å². The van der Waals surface area contributed by atoms with E-state index in [9.17, 15) is 0 Å². The summed E-state index contributed by atoms with van der Waals surface area (Å²) in [7, 11) is 0.436. The lowest BCUT2D eigenvalue weighted by atomic mass is 10.1. The third-order valence-corrected chi connectivity index (χ3v) is 5.24. The molecule has 0 aliphatic heterocycles. The summed E-state index contributed by atoms with van der Waals surface area (Å²) in [6.45, 7) is 5.43. The largest absolute Gasteiger partial charge is 0.493 e. The first-order chi connectivity index (χ1) is 7.02. The van der Waals surface area contributed by atoms with E-state index in [-0.39, 0.29) is 0 Å². The van der Waals surface area contributed by atoms with Crippen LogP contribution >= 0.6 is 0 Å². The second kappa shape index (κ2) is 5.45. The van der Waals surface area contributed by atoms with Gasteiger partial charge in [0.15, 0.2) is 0 Å². The summed E-state index contributed by atoms with van der Waals surface area (Å²) in [5.74, 6) is 0.973. The molecule has 0 radical (unpaired) electrons. The number of hydrogen-bond donors (Lipinski definition) is 0. The van der Waals surface area contributed by atoms with Gasteiger partial charge in [0.2, 0.25) is 0 Å². The molecule has 0 spiro atoms. The minimum atomic E-state index is 0.384. The van der Waals surface area contributed by atoms with E-state index in [1.54, 1.807) is 0 Å². The molecule has 0 atom stereocenters. The van der Waals surface area contributed by atoms with Crippen molar-refractivity contribution in [1.29, 1.82) is 0 Å². The molecule has 1 nitrogen and oxygen atoms in total. The Morgan fingerprint density at radius 3 is 2.27 bits per heavy atom. The van der Waals surface area contributed by atoms with Gasteiger partial charge in [-0.15, -0.1) is 0 Å². The highest BCUT2D eigenvalue weighted by Gasteiger charge is 2.30. The SMILES string of the molecule is C[S+](C)C(C)(C)CCOc1ccccc1. The highest BCUT2D eigenvalue weighted by atomic mass is 32.2. The molecule has 0 fully saturated rings. The molecule has 0 heterocycles. The van der Waals surface area contributed by atoms with Gasteiger partial charge >= 0.3 is 0 Å². The standard InChI is InChI=1S/C13H21OS/c1-13(2,15(3)4)10-11-14-12-8-6-5-7-9-12/h5-9H,10-11H2,1-4H3/q+1. The smallest absolute Gasteiger partial charge is 0.125 e. The van der Waals surface area contributed by atoms with Gasteiger partial charge in [-0.05, 0) is 36.9 Å². The molecule has 0 N–H and O–H groups in total. The average Bonchev–Trinajstić information content (AvgIpc) is 2.19. The Hall–Kier alpha value is -0.630. The zero-order chi connectivity index (χ0) is 11.3. The van der Waals surface area contributed by atoms with Gasteiger partial charge in [-0.2, -0.15) is 0 Å². The molecule has 0 bridgehead atoms. The molecular weight excluding hydrogens is 204 g/mol. The van der Waals surface area contributed by atoms with Crippen molar-refractivity contribution in [2.24, 2.45) is 0 Å². The number of benzene rings is 1. The maximum absolute atomic E-state index is 5.70. The number of ether oxygens (including phenoxy) is 1. The third-order valence-electron chi connectivity index (χ3n) is 2.82. The molecule has 15 heavy (non-hydrogen) atoms. The molecule has 1 aromatic rings. The first-order valence-electron chi connectivity index (χ1n) is 5.28. The van der Waals surface area contributed by atoms with Gasteiger partial charge in [-0.3, -0.25) is 0 Å². The molecule has 0 saturated carbocycles. The van der Waals surface area contributed by atoms with E-state index in [4.69, 9.17) is 4.74 Å². The number of para-hydroxylation sites is 1. The fourth-order valence-corrected chi connectivity index (χ4v) is 1.63. The van der Waals surface area contributed by atoms with Gasteiger partial charge in [0, 0.05) is 6.42 Å². The monoisotopic (exact) mass is 225 g/mol. The first kappa shape index (κ1) is 12.4. The molecular formula is C13H21OS+. The van der Waals surface area contributed by atoms with Gasteiger partial charge in [0.25, 0.3) is 0 Å². The molecule has 0 amide bonds. The van der Waals surface area contributed by atoms with Crippen LogP contribution in [0.4, 0.5) is 0 Å². The number of rotatable bonds is 5. The number of hydrogen-bond acceptors (Lipinski definition) is 1. The maximum atomic E-state index is 5.70. The Kier molecular flexibility index (Phi) is 4.52. The highest BCUT2D eigenvalue weighted by Crippen LogP contribution is 2.20. The molecule has 0 aliphatic carbocycles. The summed E-state index contributed by atoms with van der Waals surface area (Å²) in [6.07, 6.45) is 5.70. The van der Waals surface area contributed by atoms with E-state index in [1.165, 1.54) is 0 Å². The van der Waals surface area contributed by atoms with Gasteiger partial charge < -0.3 is 4.74 Å². The summed E-state index contributed by atoms with van der Waals surface area (Å²) >= 11 is 0. The minimum absolute atomic E-state index is 0.384. The predicted octanol–water partition coefficient (Wildman–Crippen LogP) is 3.11. The second-order valence-corrected chi connectivity index (χ2v) is 7.23. The topological polar surface area (TPSA) is 9.23 Å². The molecule has 84 valence electrons. The summed E-state index contributed by atoms with van der Waals surface area (Å²) in [4.78, 5) is 0. The maximum Gasteiger partial charge on any atom is 0.125 e. The molecule has 0 aliphatic rings. The quantitative estimate of drug-likeness (QED) is 0.700. The van der Waals surface area contributed by atoms with Crippen LogP contribution in [0.3, 0.4) is 0 Å². The van der Waals surface area contributed by atoms with Crippen LogP contribution in [0.15, 0.2) is 30.3 Å². The van der Waals surface area contributed by atoms with Gasteiger partial charge in [-0.1, -0.05) is 18.2 Å². The van der Waals surface area contributed by atoms with Gasteiger partial charge in [0.1, 0.15) is 10.5 Å². The van der Waals surface area contributed by atoms with Crippen molar-refractivity contribution in [3.63, 3.8) is 0 Å². The average molecular weight is 225 g/mol. The van der Waals surface area contributed by atoms with E-state index in [2.05, 4.69) is 26.4 Å². The lowest BCUT2D eigenvalue weighted by Crippen LogP contribution is -2.32.